The lowest BCUT2D eigenvalue weighted by Gasteiger charge is -2.35. The summed E-state index contributed by atoms with van der Waals surface area (Å²) in [5.74, 6) is 0. The molecule has 2 nitrogen and oxygen atoms in total. The van der Waals surface area contributed by atoms with E-state index in [0.717, 1.165) is 36.2 Å². The largest absolute Gasteiger partial charge is 0.389 e. The number of piperazine rings is 1. The van der Waals surface area contributed by atoms with Gasteiger partial charge >= 0.3 is 6.18 Å². The van der Waals surface area contributed by atoms with Gasteiger partial charge in [0.1, 0.15) is 0 Å². The van der Waals surface area contributed by atoms with Gasteiger partial charge in [0.2, 0.25) is 0 Å². The smallest absolute Gasteiger partial charge is 0.314 e. The van der Waals surface area contributed by atoms with Crippen LogP contribution in [-0.2, 0) is 0 Å². The topological polar surface area (TPSA) is 15.3 Å². The Kier molecular flexibility index (Phi) is 7.47. The minimum absolute atomic E-state index is 0. The zero-order chi connectivity index (χ0) is 14.6. The quantitative estimate of drug-likeness (QED) is 0.834. The molecule has 1 aromatic rings. The second kappa shape index (κ2) is 8.36. The summed E-state index contributed by atoms with van der Waals surface area (Å²) in [6, 6.07) is 7.43. The number of halogens is 5. The Morgan fingerprint density at radius 2 is 1.71 bits per heavy atom. The number of nitrogens with one attached hydrogen (secondary N) is 1. The molecule has 0 aromatic heterocycles. The molecule has 1 aliphatic rings. The fourth-order valence-corrected chi connectivity index (χ4v) is 2.80. The first-order valence-electron chi connectivity index (χ1n) is 6.73. The Balaban J connectivity index is 0.00000220. The summed E-state index contributed by atoms with van der Waals surface area (Å²) in [4.78, 5) is 2.14. The first kappa shape index (κ1) is 18.7. The van der Waals surface area contributed by atoms with E-state index in [-0.39, 0.29) is 24.9 Å². The fourth-order valence-electron chi connectivity index (χ4n) is 2.54. The third-order valence-corrected chi connectivity index (χ3v) is 4.08. The Labute approximate surface area is 137 Å². The zero-order valence-electron chi connectivity index (χ0n) is 11.5. The number of hydrogen-bond donors (Lipinski definition) is 1. The lowest BCUT2D eigenvalue weighted by atomic mass is 9.99. The van der Waals surface area contributed by atoms with Crippen LogP contribution in [0.2, 0.25) is 0 Å². The molecule has 0 amide bonds. The van der Waals surface area contributed by atoms with Gasteiger partial charge in [-0.2, -0.15) is 13.2 Å². The van der Waals surface area contributed by atoms with E-state index in [1.807, 2.05) is 24.3 Å². The highest BCUT2D eigenvalue weighted by Gasteiger charge is 2.31. The monoisotopic (exact) mass is 386 g/mol. The molecular weight excluding hydrogens is 369 g/mol. The maximum atomic E-state index is 12.5. The molecule has 2 rings (SSSR count). The van der Waals surface area contributed by atoms with E-state index in [1.54, 1.807) is 0 Å². The van der Waals surface area contributed by atoms with E-state index in [1.165, 1.54) is 0 Å². The van der Waals surface area contributed by atoms with Crippen molar-refractivity contribution in [2.75, 3.05) is 26.2 Å². The van der Waals surface area contributed by atoms with Crippen molar-refractivity contribution in [1.29, 1.82) is 0 Å². The molecule has 1 saturated heterocycles. The molecule has 0 saturated carbocycles. The summed E-state index contributed by atoms with van der Waals surface area (Å²) in [6.07, 6.45) is -4.72. The number of alkyl halides is 3. The third kappa shape index (κ3) is 6.14. The number of benzene rings is 1. The average molecular weight is 388 g/mol. The first-order valence-corrected chi connectivity index (χ1v) is 7.52. The van der Waals surface area contributed by atoms with Crippen LogP contribution in [0.3, 0.4) is 0 Å². The van der Waals surface area contributed by atoms with E-state index in [4.69, 9.17) is 0 Å². The van der Waals surface area contributed by atoms with E-state index < -0.39 is 12.6 Å². The van der Waals surface area contributed by atoms with Crippen LogP contribution in [0.1, 0.15) is 24.4 Å². The van der Waals surface area contributed by atoms with Gasteiger partial charge in [-0.15, -0.1) is 12.4 Å². The Hall–Kier alpha value is -0.300. The highest BCUT2D eigenvalue weighted by molar-refractivity contribution is 9.10. The van der Waals surface area contributed by atoms with Crippen molar-refractivity contribution in [2.24, 2.45) is 0 Å². The molecule has 1 N–H and O–H groups in total. The third-order valence-electron chi connectivity index (χ3n) is 3.55. The Morgan fingerprint density at radius 3 is 2.24 bits per heavy atom. The van der Waals surface area contributed by atoms with Crippen LogP contribution in [0.25, 0.3) is 0 Å². The van der Waals surface area contributed by atoms with Gasteiger partial charge in [0.25, 0.3) is 0 Å². The van der Waals surface area contributed by atoms with Crippen LogP contribution in [0.4, 0.5) is 13.2 Å². The van der Waals surface area contributed by atoms with Crippen molar-refractivity contribution in [3.63, 3.8) is 0 Å². The van der Waals surface area contributed by atoms with Gasteiger partial charge < -0.3 is 5.32 Å². The van der Waals surface area contributed by atoms with Crippen LogP contribution >= 0.6 is 28.3 Å². The molecule has 21 heavy (non-hydrogen) atoms. The summed E-state index contributed by atoms with van der Waals surface area (Å²) < 4.78 is 38.5. The van der Waals surface area contributed by atoms with Crippen molar-refractivity contribution >= 4 is 28.3 Å². The molecular formula is C14H19BrClF3N2. The minimum atomic E-state index is -4.10. The molecule has 1 aliphatic heterocycles. The SMILES string of the molecule is Cl.FC(F)(F)CC[C@H](c1ccc(Br)cc1)N1CCNCC1. The van der Waals surface area contributed by atoms with Gasteiger partial charge in [0, 0.05) is 43.1 Å². The maximum absolute atomic E-state index is 12.5. The highest BCUT2D eigenvalue weighted by Crippen LogP contribution is 2.32. The Morgan fingerprint density at radius 1 is 1.14 bits per heavy atom. The van der Waals surface area contributed by atoms with Crippen LogP contribution in [-0.4, -0.2) is 37.3 Å². The summed E-state index contributed by atoms with van der Waals surface area (Å²) in [5, 5.41) is 3.23. The fraction of sp³-hybridized carbons (Fsp3) is 0.571. The van der Waals surface area contributed by atoms with Gasteiger partial charge in [0.15, 0.2) is 0 Å². The van der Waals surface area contributed by atoms with Crippen molar-refractivity contribution < 1.29 is 13.2 Å². The molecule has 1 atom stereocenters. The number of hydrogen-bond acceptors (Lipinski definition) is 2. The second-order valence-electron chi connectivity index (χ2n) is 5.01. The maximum Gasteiger partial charge on any atom is 0.389 e. The summed E-state index contributed by atoms with van der Waals surface area (Å²) in [5.41, 5.74) is 0.958. The molecule has 1 aromatic carbocycles. The van der Waals surface area contributed by atoms with Crippen LogP contribution < -0.4 is 5.32 Å². The minimum Gasteiger partial charge on any atom is -0.314 e. The van der Waals surface area contributed by atoms with Crippen molar-refractivity contribution in [3.8, 4) is 0 Å². The van der Waals surface area contributed by atoms with Crippen LogP contribution in [0.5, 0.6) is 0 Å². The summed E-state index contributed by atoms with van der Waals surface area (Å²) in [7, 11) is 0. The summed E-state index contributed by atoms with van der Waals surface area (Å²) in [6.45, 7) is 3.25. The lowest BCUT2D eigenvalue weighted by Crippen LogP contribution is -2.45. The van der Waals surface area contributed by atoms with Crippen LogP contribution in [0, 0.1) is 0 Å². The predicted octanol–water partition coefficient (Wildman–Crippen LogP) is 4.16. The van der Waals surface area contributed by atoms with Crippen molar-refractivity contribution in [3.05, 3.63) is 34.3 Å². The molecule has 1 heterocycles. The first-order chi connectivity index (χ1) is 9.46. The van der Waals surface area contributed by atoms with Crippen molar-refractivity contribution in [2.45, 2.75) is 25.1 Å². The molecule has 0 radical (unpaired) electrons. The van der Waals surface area contributed by atoms with E-state index in [2.05, 4.69) is 26.1 Å². The molecule has 0 aliphatic carbocycles. The molecule has 1 fully saturated rings. The van der Waals surface area contributed by atoms with Gasteiger partial charge in [-0.1, -0.05) is 28.1 Å². The highest BCUT2D eigenvalue weighted by atomic mass is 79.9. The van der Waals surface area contributed by atoms with Gasteiger partial charge in [-0.3, -0.25) is 4.90 Å². The van der Waals surface area contributed by atoms with Gasteiger partial charge in [-0.05, 0) is 24.1 Å². The Bertz CT molecular complexity index is 419. The zero-order valence-corrected chi connectivity index (χ0v) is 13.9. The normalized spacial score (nSPS) is 18.1. The molecule has 120 valence electrons. The van der Waals surface area contributed by atoms with Crippen molar-refractivity contribution in [1.82, 2.24) is 10.2 Å². The molecule has 0 bridgehead atoms. The molecule has 7 heteroatoms. The second-order valence-corrected chi connectivity index (χ2v) is 5.92. The number of nitrogens with zero attached hydrogens (tertiary/aromatic N) is 1. The predicted molar refractivity (Wildman–Crippen MR) is 83.9 cm³/mol. The van der Waals surface area contributed by atoms with E-state index >= 15 is 0 Å². The van der Waals surface area contributed by atoms with Gasteiger partial charge in [0.05, 0.1) is 0 Å². The number of rotatable bonds is 4. The molecule has 0 spiro atoms. The van der Waals surface area contributed by atoms with Gasteiger partial charge in [-0.25, -0.2) is 0 Å². The average Bonchev–Trinajstić information content (AvgIpc) is 2.41. The van der Waals surface area contributed by atoms with E-state index in [9.17, 15) is 13.2 Å². The van der Waals surface area contributed by atoms with Crippen LogP contribution in [0.15, 0.2) is 28.7 Å². The van der Waals surface area contributed by atoms with E-state index in [0.29, 0.717) is 0 Å². The standard InChI is InChI=1S/C14H18BrF3N2.ClH/c15-12-3-1-11(2-4-12)13(5-6-14(16,17)18)20-9-7-19-8-10-20;/h1-4,13,19H,5-10H2;1H/t13-;/m1./s1. The lowest BCUT2D eigenvalue weighted by molar-refractivity contribution is -0.138. The molecule has 0 unspecified atom stereocenters. The summed E-state index contributed by atoms with van der Waals surface area (Å²) >= 11 is 3.36.